The van der Waals surface area contributed by atoms with Crippen molar-refractivity contribution < 1.29 is 17.2 Å². The van der Waals surface area contributed by atoms with Gasteiger partial charge < -0.3 is 4.90 Å². The van der Waals surface area contributed by atoms with E-state index in [1.807, 2.05) is 4.90 Å². The maximum Gasteiger partial charge on any atom is 0.246 e. The first-order valence-corrected chi connectivity index (χ1v) is 8.89. The summed E-state index contributed by atoms with van der Waals surface area (Å²) in [5.74, 6) is -1.31. The van der Waals surface area contributed by atoms with Gasteiger partial charge in [-0.1, -0.05) is 30.3 Å². The van der Waals surface area contributed by atoms with Crippen LogP contribution >= 0.6 is 0 Å². The average molecular weight is 354 g/mol. The fourth-order valence-corrected chi connectivity index (χ4v) is 3.68. The molecule has 0 fully saturated rings. The van der Waals surface area contributed by atoms with Crippen LogP contribution in [0.5, 0.6) is 0 Å². The number of hydrogen-bond donors (Lipinski definition) is 0. The van der Waals surface area contributed by atoms with Crippen LogP contribution in [0.2, 0.25) is 0 Å². The van der Waals surface area contributed by atoms with E-state index in [-0.39, 0.29) is 18.7 Å². The first kappa shape index (κ1) is 18.5. The van der Waals surface area contributed by atoms with Crippen molar-refractivity contribution in [1.29, 1.82) is 0 Å². The van der Waals surface area contributed by atoms with E-state index in [9.17, 15) is 17.2 Å². The molecule has 2 aromatic rings. The molecule has 4 nitrogen and oxygen atoms in total. The monoisotopic (exact) mass is 354 g/mol. The van der Waals surface area contributed by atoms with Crippen LogP contribution in [0.3, 0.4) is 0 Å². The third-order valence-electron chi connectivity index (χ3n) is 3.56. The van der Waals surface area contributed by atoms with Crippen molar-refractivity contribution in [2.75, 3.05) is 27.2 Å². The summed E-state index contributed by atoms with van der Waals surface area (Å²) in [6, 6.07) is 11.2. The molecule has 24 heavy (non-hydrogen) atoms. The lowest BCUT2D eigenvalue weighted by Crippen LogP contribution is -2.36. The lowest BCUT2D eigenvalue weighted by molar-refractivity contribution is 0.326. The molecule has 0 amide bonds. The largest absolute Gasteiger partial charge is 0.308 e. The van der Waals surface area contributed by atoms with E-state index >= 15 is 0 Å². The van der Waals surface area contributed by atoms with Gasteiger partial charge in [-0.15, -0.1) is 0 Å². The molecule has 0 N–H and O–H groups in total. The molecule has 7 heteroatoms. The summed E-state index contributed by atoms with van der Waals surface area (Å²) in [4.78, 5) is 1.41. The fourth-order valence-electron chi connectivity index (χ4n) is 2.21. The Bertz CT molecular complexity index is 795. The van der Waals surface area contributed by atoms with Gasteiger partial charge in [0.25, 0.3) is 0 Å². The highest BCUT2D eigenvalue weighted by molar-refractivity contribution is 7.89. The van der Waals surface area contributed by atoms with Crippen LogP contribution in [0.15, 0.2) is 53.4 Å². The lowest BCUT2D eigenvalue weighted by atomic mass is 10.2. The van der Waals surface area contributed by atoms with E-state index in [4.69, 9.17) is 0 Å². The van der Waals surface area contributed by atoms with Gasteiger partial charge in [0.05, 0.1) is 0 Å². The van der Waals surface area contributed by atoms with Gasteiger partial charge in [0, 0.05) is 25.2 Å². The number of sulfonamides is 1. The van der Waals surface area contributed by atoms with Gasteiger partial charge >= 0.3 is 0 Å². The molecular weight excluding hydrogens is 334 g/mol. The number of benzene rings is 2. The Kier molecular flexibility index (Phi) is 6.04. The maximum absolute atomic E-state index is 14.0. The van der Waals surface area contributed by atoms with Gasteiger partial charge in [0.1, 0.15) is 16.5 Å². The summed E-state index contributed by atoms with van der Waals surface area (Å²) in [5.41, 5.74) is 0.246. The molecule has 0 bridgehead atoms. The summed E-state index contributed by atoms with van der Waals surface area (Å²) < 4.78 is 54.6. The van der Waals surface area contributed by atoms with Gasteiger partial charge in [0.15, 0.2) is 0 Å². The number of rotatable bonds is 7. The van der Waals surface area contributed by atoms with Crippen molar-refractivity contribution in [1.82, 2.24) is 9.21 Å². The molecule has 0 aliphatic heterocycles. The lowest BCUT2D eigenvalue weighted by Gasteiger charge is -2.24. The minimum atomic E-state index is -4.08. The van der Waals surface area contributed by atoms with E-state index < -0.39 is 26.6 Å². The van der Waals surface area contributed by atoms with Gasteiger partial charge in [-0.05, 0) is 32.3 Å². The third-order valence-corrected chi connectivity index (χ3v) is 5.43. The Morgan fingerprint density at radius 1 is 0.875 bits per heavy atom. The van der Waals surface area contributed by atoms with Crippen LogP contribution in [-0.2, 0) is 16.6 Å². The van der Waals surface area contributed by atoms with Crippen molar-refractivity contribution in [3.05, 3.63) is 65.7 Å². The summed E-state index contributed by atoms with van der Waals surface area (Å²) in [6.07, 6.45) is 0. The van der Waals surface area contributed by atoms with Crippen molar-refractivity contribution in [2.24, 2.45) is 0 Å². The molecular formula is C17H20F2N2O2S. The first-order valence-electron chi connectivity index (χ1n) is 7.45. The van der Waals surface area contributed by atoms with E-state index in [0.29, 0.717) is 6.54 Å². The predicted octanol–water partition coefficient (Wildman–Crippen LogP) is 2.72. The number of likely N-dealkylation sites (N-methyl/N-ethyl adjacent to an activating group) is 1. The van der Waals surface area contributed by atoms with Crippen LogP contribution in [-0.4, -0.2) is 44.8 Å². The molecule has 0 saturated carbocycles. The summed E-state index contributed by atoms with van der Waals surface area (Å²) in [6.45, 7) is 0.400. The summed E-state index contributed by atoms with van der Waals surface area (Å²) in [5, 5.41) is 0. The van der Waals surface area contributed by atoms with Crippen LogP contribution < -0.4 is 0 Å². The third kappa shape index (κ3) is 4.37. The van der Waals surface area contributed by atoms with Crippen molar-refractivity contribution in [3.8, 4) is 0 Å². The zero-order valence-corrected chi connectivity index (χ0v) is 14.4. The fraction of sp³-hybridized carbons (Fsp3) is 0.294. The molecule has 0 saturated heterocycles. The number of nitrogens with zero attached hydrogens (tertiary/aromatic N) is 2. The van der Waals surface area contributed by atoms with Crippen LogP contribution in [0.1, 0.15) is 5.56 Å². The number of halogens is 2. The second kappa shape index (κ2) is 7.83. The van der Waals surface area contributed by atoms with E-state index in [1.165, 1.54) is 36.4 Å². The molecule has 130 valence electrons. The van der Waals surface area contributed by atoms with E-state index in [0.717, 1.165) is 10.4 Å². The Labute approximate surface area is 141 Å². The molecule has 0 aromatic heterocycles. The van der Waals surface area contributed by atoms with Crippen molar-refractivity contribution in [2.45, 2.75) is 11.4 Å². The summed E-state index contributed by atoms with van der Waals surface area (Å²) in [7, 11) is -0.472. The molecule has 0 aliphatic rings. The minimum Gasteiger partial charge on any atom is -0.308 e. The van der Waals surface area contributed by atoms with Crippen LogP contribution in [0.25, 0.3) is 0 Å². The second-order valence-electron chi connectivity index (χ2n) is 5.66. The molecule has 0 spiro atoms. The number of hydrogen-bond acceptors (Lipinski definition) is 3. The normalized spacial score (nSPS) is 12.1. The molecule has 0 atom stereocenters. The molecule has 0 unspecified atom stereocenters. The molecule has 0 radical (unpaired) electrons. The highest BCUT2D eigenvalue weighted by Gasteiger charge is 2.28. The molecule has 0 aliphatic carbocycles. The predicted molar refractivity (Wildman–Crippen MR) is 88.9 cm³/mol. The zero-order chi connectivity index (χ0) is 17.7. The van der Waals surface area contributed by atoms with Crippen molar-refractivity contribution >= 4 is 10.0 Å². The smallest absolute Gasteiger partial charge is 0.246 e. The van der Waals surface area contributed by atoms with Crippen LogP contribution in [0, 0.1) is 11.6 Å². The van der Waals surface area contributed by atoms with Gasteiger partial charge in [0.2, 0.25) is 10.0 Å². The Morgan fingerprint density at radius 3 is 2.04 bits per heavy atom. The average Bonchev–Trinajstić information content (AvgIpc) is 2.53. The minimum absolute atomic E-state index is 0.123. The van der Waals surface area contributed by atoms with Gasteiger partial charge in [-0.3, -0.25) is 0 Å². The van der Waals surface area contributed by atoms with Crippen molar-refractivity contribution in [3.63, 3.8) is 0 Å². The summed E-state index contributed by atoms with van der Waals surface area (Å²) >= 11 is 0. The highest BCUT2D eigenvalue weighted by atomic mass is 32.2. The van der Waals surface area contributed by atoms with Gasteiger partial charge in [-0.2, -0.15) is 4.31 Å². The second-order valence-corrected chi connectivity index (χ2v) is 7.57. The first-order chi connectivity index (χ1) is 11.3. The molecule has 0 heterocycles. The quantitative estimate of drug-likeness (QED) is 0.768. The maximum atomic E-state index is 14.0. The Hall–Kier alpha value is -1.83. The van der Waals surface area contributed by atoms with Gasteiger partial charge in [-0.25, -0.2) is 17.2 Å². The zero-order valence-electron chi connectivity index (χ0n) is 13.6. The SMILES string of the molecule is CN(C)CCN(Cc1ccccc1F)S(=O)(=O)c1ccccc1F. The Morgan fingerprint density at radius 2 is 1.46 bits per heavy atom. The van der Waals surface area contributed by atoms with Crippen LogP contribution in [0.4, 0.5) is 8.78 Å². The Balaban J connectivity index is 2.38. The van der Waals surface area contributed by atoms with E-state index in [2.05, 4.69) is 0 Å². The topological polar surface area (TPSA) is 40.6 Å². The highest BCUT2D eigenvalue weighted by Crippen LogP contribution is 2.21. The van der Waals surface area contributed by atoms with E-state index in [1.54, 1.807) is 20.2 Å². The molecule has 2 aromatic carbocycles. The molecule has 2 rings (SSSR count). The standard InChI is InChI=1S/C17H20F2N2O2S/c1-20(2)11-12-21(13-14-7-3-4-8-15(14)18)24(22,23)17-10-6-5-9-16(17)19/h3-10H,11-13H2,1-2H3.